The Balaban J connectivity index is 1.45. The smallest absolute Gasteiger partial charge is 0.325 e. The van der Waals surface area contributed by atoms with Gasteiger partial charge < -0.3 is 20.1 Å². The average molecular weight is 395 g/mol. The van der Waals surface area contributed by atoms with Crippen LogP contribution in [0, 0.1) is 0 Å². The second-order valence-electron chi connectivity index (χ2n) is 7.07. The molecule has 0 aliphatic carbocycles. The van der Waals surface area contributed by atoms with Crippen LogP contribution in [0.25, 0.3) is 0 Å². The maximum Gasteiger partial charge on any atom is 0.325 e. The average Bonchev–Trinajstić information content (AvgIpc) is 2.88. The van der Waals surface area contributed by atoms with E-state index in [9.17, 15) is 14.4 Å². The first-order valence-electron chi connectivity index (χ1n) is 9.36. The van der Waals surface area contributed by atoms with E-state index < -0.39 is 23.4 Å². The standard InChI is InChI=1S/C21H21N3O5/c1-21(14-6-3-2-4-7-14)19(26)24(20(27)23-21)13-18(25)22-15-8-9-16-17(12-15)29-11-5-10-28-16/h2-4,6-9,12H,5,10-11,13H2,1H3,(H,22,25)(H,23,27)/t21-/m0/s1. The van der Waals surface area contributed by atoms with Crippen molar-refractivity contribution in [3.8, 4) is 11.5 Å². The number of nitrogens with one attached hydrogen (secondary N) is 2. The summed E-state index contributed by atoms with van der Waals surface area (Å²) in [4.78, 5) is 38.7. The highest BCUT2D eigenvalue weighted by atomic mass is 16.5. The van der Waals surface area contributed by atoms with Crippen molar-refractivity contribution in [2.45, 2.75) is 18.9 Å². The van der Waals surface area contributed by atoms with Crippen LogP contribution in [0.15, 0.2) is 48.5 Å². The van der Waals surface area contributed by atoms with E-state index in [2.05, 4.69) is 10.6 Å². The van der Waals surface area contributed by atoms with Crippen LogP contribution >= 0.6 is 0 Å². The third-order valence-corrected chi connectivity index (χ3v) is 4.96. The lowest BCUT2D eigenvalue weighted by Gasteiger charge is -2.22. The third-order valence-electron chi connectivity index (χ3n) is 4.96. The summed E-state index contributed by atoms with van der Waals surface area (Å²) in [7, 11) is 0. The number of anilines is 1. The summed E-state index contributed by atoms with van der Waals surface area (Å²) in [6.45, 7) is 2.35. The monoisotopic (exact) mass is 395 g/mol. The van der Waals surface area contributed by atoms with Crippen LogP contribution in [-0.2, 0) is 15.1 Å². The number of hydrogen-bond donors (Lipinski definition) is 2. The maximum absolute atomic E-state index is 12.9. The Labute approximate surface area is 167 Å². The van der Waals surface area contributed by atoms with Crippen molar-refractivity contribution in [1.82, 2.24) is 10.2 Å². The van der Waals surface area contributed by atoms with Crippen molar-refractivity contribution in [2.75, 3.05) is 25.1 Å². The van der Waals surface area contributed by atoms with E-state index in [4.69, 9.17) is 9.47 Å². The number of hydrogen-bond acceptors (Lipinski definition) is 5. The van der Waals surface area contributed by atoms with E-state index in [-0.39, 0.29) is 6.54 Å². The lowest BCUT2D eigenvalue weighted by Crippen LogP contribution is -2.42. The van der Waals surface area contributed by atoms with Gasteiger partial charge in [0.05, 0.1) is 13.2 Å². The van der Waals surface area contributed by atoms with Gasteiger partial charge in [-0.05, 0) is 24.6 Å². The normalized spacial score (nSPS) is 20.8. The van der Waals surface area contributed by atoms with Crippen molar-refractivity contribution in [2.24, 2.45) is 0 Å². The van der Waals surface area contributed by atoms with Crippen LogP contribution in [0.3, 0.4) is 0 Å². The van der Waals surface area contributed by atoms with Crippen LogP contribution in [0.4, 0.5) is 10.5 Å². The summed E-state index contributed by atoms with van der Waals surface area (Å²) in [5.41, 5.74) is -0.0466. The second-order valence-corrected chi connectivity index (χ2v) is 7.07. The van der Waals surface area contributed by atoms with Gasteiger partial charge in [0.15, 0.2) is 11.5 Å². The predicted octanol–water partition coefficient (Wildman–Crippen LogP) is 2.25. The molecule has 0 spiro atoms. The van der Waals surface area contributed by atoms with Crippen LogP contribution < -0.4 is 20.1 Å². The highest BCUT2D eigenvalue weighted by Gasteiger charge is 2.49. The Morgan fingerprint density at radius 1 is 1.10 bits per heavy atom. The molecule has 0 radical (unpaired) electrons. The number of fused-ring (bicyclic) bond motifs is 1. The van der Waals surface area contributed by atoms with E-state index in [0.29, 0.717) is 36.0 Å². The molecule has 0 saturated carbocycles. The zero-order valence-corrected chi connectivity index (χ0v) is 15.9. The van der Waals surface area contributed by atoms with E-state index in [1.807, 2.05) is 6.07 Å². The van der Waals surface area contributed by atoms with Crippen molar-refractivity contribution in [1.29, 1.82) is 0 Å². The van der Waals surface area contributed by atoms with Crippen molar-refractivity contribution in [3.05, 3.63) is 54.1 Å². The number of nitrogens with zero attached hydrogens (tertiary/aromatic N) is 1. The van der Waals surface area contributed by atoms with Gasteiger partial charge in [-0.3, -0.25) is 14.5 Å². The molecule has 1 atom stereocenters. The molecule has 2 aromatic rings. The number of carbonyl (C=O) groups is 3. The number of imide groups is 1. The first-order chi connectivity index (χ1) is 14.0. The van der Waals surface area contributed by atoms with E-state index in [1.54, 1.807) is 49.4 Å². The quantitative estimate of drug-likeness (QED) is 0.774. The molecule has 8 nitrogen and oxygen atoms in total. The van der Waals surface area contributed by atoms with Crippen LogP contribution in [-0.4, -0.2) is 42.5 Å². The molecule has 1 saturated heterocycles. The number of rotatable bonds is 4. The zero-order valence-electron chi connectivity index (χ0n) is 15.9. The Hall–Kier alpha value is -3.55. The number of ether oxygens (including phenoxy) is 2. The Morgan fingerprint density at radius 3 is 2.59 bits per heavy atom. The van der Waals surface area contributed by atoms with Gasteiger partial charge in [-0.2, -0.15) is 0 Å². The SMILES string of the molecule is C[C@@]1(c2ccccc2)NC(=O)N(CC(=O)Nc2ccc3c(c2)OCCCO3)C1=O. The molecule has 2 aliphatic heterocycles. The summed E-state index contributed by atoms with van der Waals surface area (Å²) in [6, 6.07) is 13.4. The van der Waals surface area contributed by atoms with Gasteiger partial charge in [-0.1, -0.05) is 30.3 Å². The van der Waals surface area contributed by atoms with Gasteiger partial charge in [-0.15, -0.1) is 0 Å². The largest absolute Gasteiger partial charge is 0.490 e. The lowest BCUT2D eigenvalue weighted by molar-refractivity contribution is -0.133. The summed E-state index contributed by atoms with van der Waals surface area (Å²) >= 11 is 0. The first kappa shape index (κ1) is 18.8. The van der Waals surface area contributed by atoms with Crippen molar-refractivity contribution >= 4 is 23.5 Å². The molecule has 0 aromatic heterocycles. The van der Waals surface area contributed by atoms with E-state index >= 15 is 0 Å². The minimum absolute atomic E-state index is 0.387. The van der Waals surface area contributed by atoms with Gasteiger partial charge in [0.25, 0.3) is 5.91 Å². The predicted molar refractivity (Wildman–Crippen MR) is 105 cm³/mol. The summed E-state index contributed by atoms with van der Waals surface area (Å²) in [6.07, 6.45) is 0.780. The molecule has 0 bridgehead atoms. The van der Waals surface area contributed by atoms with Gasteiger partial charge in [0.1, 0.15) is 12.1 Å². The number of urea groups is 1. The zero-order chi connectivity index (χ0) is 20.4. The van der Waals surface area contributed by atoms with Gasteiger partial charge in [-0.25, -0.2) is 4.79 Å². The molecule has 2 aromatic carbocycles. The van der Waals surface area contributed by atoms with Crippen molar-refractivity contribution < 1.29 is 23.9 Å². The number of benzene rings is 2. The fourth-order valence-corrected chi connectivity index (χ4v) is 3.39. The summed E-state index contributed by atoms with van der Waals surface area (Å²) < 4.78 is 11.2. The molecule has 4 amide bonds. The molecule has 29 heavy (non-hydrogen) atoms. The molecular weight excluding hydrogens is 374 g/mol. The molecule has 150 valence electrons. The fourth-order valence-electron chi connectivity index (χ4n) is 3.39. The van der Waals surface area contributed by atoms with Gasteiger partial charge >= 0.3 is 6.03 Å². The summed E-state index contributed by atoms with van der Waals surface area (Å²) in [5, 5.41) is 5.38. The highest BCUT2D eigenvalue weighted by Crippen LogP contribution is 2.32. The van der Waals surface area contributed by atoms with Crippen LogP contribution in [0.5, 0.6) is 11.5 Å². The molecule has 4 rings (SSSR count). The van der Waals surface area contributed by atoms with Gasteiger partial charge in [0.2, 0.25) is 5.91 Å². The number of carbonyl (C=O) groups excluding carboxylic acids is 3. The lowest BCUT2D eigenvalue weighted by atomic mass is 9.92. The molecule has 0 unspecified atom stereocenters. The molecule has 2 N–H and O–H groups in total. The minimum atomic E-state index is -1.20. The number of amides is 4. The maximum atomic E-state index is 12.9. The van der Waals surface area contributed by atoms with E-state index in [1.165, 1.54) is 0 Å². The minimum Gasteiger partial charge on any atom is -0.490 e. The molecular formula is C21H21N3O5. The van der Waals surface area contributed by atoms with Crippen LogP contribution in [0.2, 0.25) is 0 Å². The second kappa shape index (κ2) is 7.46. The molecule has 2 aliphatic rings. The molecule has 8 heteroatoms. The molecule has 1 fully saturated rings. The van der Waals surface area contributed by atoms with E-state index in [0.717, 1.165) is 11.3 Å². The summed E-state index contributed by atoms with van der Waals surface area (Å²) in [5.74, 6) is 0.211. The third kappa shape index (κ3) is 3.61. The Morgan fingerprint density at radius 2 is 1.83 bits per heavy atom. The Kier molecular flexibility index (Phi) is 4.84. The first-order valence-corrected chi connectivity index (χ1v) is 9.36. The topological polar surface area (TPSA) is 97.0 Å². The Bertz CT molecular complexity index is 962. The van der Waals surface area contributed by atoms with Crippen LogP contribution in [0.1, 0.15) is 18.9 Å². The van der Waals surface area contributed by atoms with Crippen molar-refractivity contribution in [3.63, 3.8) is 0 Å². The molecule has 2 heterocycles. The fraction of sp³-hybridized carbons (Fsp3) is 0.286. The highest BCUT2D eigenvalue weighted by molar-refractivity contribution is 6.10. The van der Waals surface area contributed by atoms with Gasteiger partial charge in [0, 0.05) is 18.2 Å².